The van der Waals surface area contributed by atoms with Crippen LogP contribution in [0.2, 0.25) is 0 Å². The van der Waals surface area contributed by atoms with Crippen molar-refractivity contribution in [2.75, 3.05) is 69.9 Å². The first-order chi connectivity index (χ1) is 53.0. The molecule has 27 heteroatoms. The van der Waals surface area contributed by atoms with Crippen molar-refractivity contribution >= 4 is 97.0 Å². The molecule has 0 saturated carbocycles. The quantitative estimate of drug-likeness (QED) is 0.0460. The van der Waals surface area contributed by atoms with Crippen LogP contribution in [0.5, 0.6) is 0 Å². The molecule has 9 N–H and O–H groups in total. The van der Waals surface area contributed by atoms with Gasteiger partial charge in [-0.3, -0.25) is 33.7 Å². The highest BCUT2D eigenvalue weighted by Crippen LogP contribution is 2.41. The van der Waals surface area contributed by atoms with Crippen molar-refractivity contribution in [1.82, 2.24) is 74.3 Å². The second-order valence-corrected chi connectivity index (χ2v) is 31.2. The minimum absolute atomic E-state index is 0.123. The Hall–Kier alpha value is -11.9. The molecule has 0 aliphatic carbocycles. The summed E-state index contributed by atoms with van der Waals surface area (Å²) in [7, 11) is 3.93. The number of pyridine rings is 9. The molecule has 0 unspecified atom stereocenters. The lowest BCUT2D eigenvalue weighted by Gasteiger charge is -2.39. The zero-order valence-electron chi connectivity index (χ0n) is 63.0. The Bertz CT molecular complexity index is 5260. The maximum Gasteiger partial charge on any atom is 0.254 e. The zero-order chi connectivity index (χ0) is 76.3. The predicted molar refractivity (Wildman–Crippen MR) is 426 cm³/mol. The maximum atomic E-state index is 12.9. The summed E-state index contributed by atoms with van der Waals surface area (Å²) in [5.41, 5.74) is 14.9. The van der Waals surface area contributed by atoms with E-state index in [1.54, 1.807) is 37.2 Å². The van der Waals surface area contributed by atoms with Crippen LogP contribution in [0, 0.1) is 17.8 Å². The van der Waals surface area contributed by atoms with Crippen molar-refractivity contribution in [3.05, 3.63) is 187 Å². The number of aromatic nitrogens is 12. The molecule has 12 aromatic heterocycles. The molecular formula is C83H91N21O6. The van der Waals surface area contributed by atoms with E-state index < -0.39 is 16.8 Å². The number of aliphatic hydroxyl groups is 3. The van der Waals surface area contributed by atoms with E-state index in [2.05, 4.69) is 76.5 Å². The van der Waals surface area contributed by atoms with Gasteiger partial charge >= 0.3 is 0 Å². The molecule has 3 amide bonds. The van der Waals surface area contributed by atoms with Gasteiger partial charge < -0.3 is 71.1 Å². The Kier molecular flexibility index (Phi) is 19.2. The number of imidazole rings is 1. The van der Waals surface area contributed by atoms with Crippen LogP contribution in [0.25, 0.3) is 61.6 Å². The largest absolute Gasteiger partial charge is 0.390 e. The molecular weight excluding hydrogens is 1390 g/mol. The number of hydrogen-bond acceptors (Lipinski definition) is 21. The Morgan fingerprint density at radius 1 is 0.418 bits per heavy atom. The summed E-state index contributed by atoms with van der Waals surface area (Å²) in [6.07, 6.45) is 28.1. The SMILES string of the molecule is CC(C)(O)[C@H]1CCCN(c2ccc(Nc3cnc(-c4cnc5ccccn45)c4c3C(=O)NC4)nc2)C1.Cn1ccc2c(-c3ncc(Nc4ccc(N5CCC[C@@H](C(C)(C)O)C5)cn4)c4c3CNC4=O)ccnc21.Cn1ccc2c(-c3ncc(Nc4ccc(N5CCC[C@H](C(C)(C)O)C5)cn4)c4c3CNC4=O)ccnc21. The molecule has 0 radical (unpaired) electrons. The van der Waals surface area contributed by atoms with E-state index in [-0.39, 0.29) is 35.5 Å². The van der Waals surface area contributed by atoms with E-state index in [1.165, 1.54) is 0 Å². The van der Waals surface area contributed by atoms with Crippen LogP contribution in [0.3, 0.4) is 0 Å². The normalized spacial score (nSPS) is 17.7. The number of fused-ring (bicyclic) bond motifs is 6. The first-order valence-electron chi connectivity index (χ1n) is 37.7. The molecule has 3 fully saturated rings. The van der Waals surface area contributed by atoms with Crippen molar-refractivity contribution in [3.8, 4) is 33.9 Å². The third-order valence-corrected chi connectivity index (χ3v) is 22.6. The standard InChI is InChI=1S/2C28H31N7O2.C27H29N7O2/c2*1-28(2,37)17-5-4-11-35(16-17)18-6-7-23(30-13-18)33-22-15-31-25(21-14-32-27(36)24(21)22)19-8-10-29-26-20(19)9-12-34(26)3;1-27(2,36)17-6-5-10-33(16-17)18-8-9-22(28-12-18)32-20-14-30-25(19-13-31-26(35)24(19)20)21-15-29-23-7-3-4-11-34(21)23/h2*6-10,12-13,15,17,37H,4-5,11,14,16H2,1-3H3,(H,30,33)(H,32,36);3-4,7-9,11-12,14-15,17,36H,5-6,10,13,16H2,1-2H3,(H,28,32)(H,31,35)/t3*17-/m100/s1. The number of piperidine rings is 3. The Morgan fingerprint density at radius 3 is 1.17 bits per heavy atom. The number of nitrogens with one attached hydrogen (secondary N) is 6. The van der Waals surface area contributed by atoms with Crippen LogP contribution in [0.4, 0.5) is 51.6 Å². The molecule has 27 nitrogen and oxygen atoms in total. The minimum Gasteiger partial charge on any atom is -0.390 e. The van der Waals surface area contributed by atoms with Gasteiger partial charge in [0.2, 0.25) is 0 Å². The molecule has 564 valence electrons. The topological polar surface area (TPSA) is 324 Å². The average Bonchev–Trinajstić information content (AvgIpc) is 1.63. The van der Waals surface area contributed by atoms with E-state index in [0.29, 0.717) is 70.8 Å². The average molecular weight is 1480 g/mol. The van der Waals surface area contributed by atoms with E-state index in [4.69, 9.17) is 15.0 Å². The van der Waals surface area contributed by atoms with Gasteiger partial charge in [0.05, 0.1) is 134 Å². The van der Waals surface area contributed by atoms with Crippen molar-refractivity contribution in [3.63, 3.8) is 0 Å². The predicted octanol–water partition coefficient (Wildman–Crippen LogP) is 11.8. The molecule has 0 spiro atoms. The summed E-state index contributed by atoms with van der Waals surface area (Å²) in [6, 6.07) is 25.6. The number of anilines is 9. The summed E-state index contributed by atoms with van der Waals surface area (Å²) in [5.74, 6) is 2.22. The molecule has 6 aliphatic rings. The molecule has 3 saturated heterocycles. The molecule has 12 aromatic rings. The highest BCUT2D eigenvalue weighted by molar-refractivity contribution is 6.08. The van der Waals surface area contributed by atoms with Crippen LogP contribution in [0.1, 0.15) is 128 Å². The third kappa shape index (κ3) is 14.3. The second kappa shape index (κ2) is 29.2. The van der Waals surface area contributed by atoms with E-state index >= 15 is 0 Å². The van der Waals surface area contributed by atoms with Crippen LogP contribution < -0.4 is 46.6 Å². The number of nitrogens with zero attached hydrogens (tertiary/aromatic N) is 15. The fraction of sp³-hybridized carbons (Fsp3) is 0.349. The molecule has 3 atom stereocenters. The van der Waals surface area contributed by atoms with Gasteiger partial charge in [-0.1, -0.05) is 6.07 Å². The van der Waals surface area contributed by atoms with Gasteiger partial charge in [-0.05, 0) is 153 Å². The maximum absolute atomic E-state index is 12.9. The number of carbonyl (C=O) groups is 3. The lowest BCUT2D eigenvalue weighted by Crippen LogP contribution is -2.44. The van der Waals surface area contributed by atoms with Gasteiger partial charge in [-0.25, -0.2) is 29.9 Å². The summed E-state index contributed by atoms with van der Waals surface area (Å²) in [6.45, 7) is 17.8. The lowest BCUT2D eigenvalue weighted by molar-refractivity contribution is 0.0106. The van der Waals surface area contributed by atoms with Crippen LogP contribution in [-0.4, -0.2) is 148 Å². The fourth-order valence-corrected chi connectivity index (χ4v) is 16.3. The summed E-state index contributed by atoms with van der Waals surface area (Å²) < 4.78 is 5.92. The molecule has 110 heavy (non-hydrogen) atoms. The molecule has 0 aromatic carbocycles. The first-order valence-corrected chi connectivity index (χ1v) is 37.7. The van der Waals surface area contributed by atoms with Gasteiger partial charge in [0.15, 0.2) is 0 Å². The van der Waals surface area contributed by atoms with E-state index in [0.717, 1.165) is 173 Å². The van der Waals surface area contributed by atoms with Gasteiger partial charge in [-0.15, -0.1) is 0 Å². The number of aryl methyl sites for hydroxylation is 2. The highest BCUT2D eigenvalue weighted by Gasteiger charge is 2.37. The van der Waals surface area contributed by atoms with Crippen LogP contribution >= 0.6 is 0 Å². The van der Waals surface area contributed by atoms with E-state index in [1.807, 2.05) is 185 Å². The highest BCUT2D eigenvalue weighted by atomic mass is 16.3. The summed E-state index contributed by atoms with van der Waals surface area (Å²) in [4.78, 5) is 86.9. The fourth-order valence-electron chi connectivity index (χ4n) is 16.3. The Balaban J connectivity index is 0.000000125. The molecule has 0 bridgehead atoms. The van der Waals surface area contributed by atoms with Gasteiger partial charge in [0, 0.05) is 160 Å². The first kappa shape index (κ1) is 72.3. The molecule has 18 rings (SSSR count). The van der Waals surface area contributed by atoms with Crippen LogP contribution in [0.15, 0.2) is 153 Å². The van der Waals surface area contributed by atoms with Gasteiger partial charge in [-0.2, -0.15) is 0 Å². The second-order valence-electron chi connectivity index (χ2n) is 31.2. The zero-order valence-corrected chi connectivity index (χ0v) is 63.0. The van der Waals surface area contributed by atoms with Crippen molar-refractivity contribution < 1.29 is 29.7 Å². The number of rotatable bonds is 15. The Morgan fingerprint density at radius 2 is 0.800 bits per heavy atom. The van der Waals surface area contributed by atoms with E-state index in [9.17, 15) is 29.7 Å². The number of amides is 3. The van der Waals surface area contributed by atoms with Crippen molar-refractivity contribution in [2.45, 2.75) is 117 Å². The summed E-state index contributed by atoms with van der Waals surface area (Å²) in [5, 5.41) is 52.1. The monoisotopic (exact) mass is 1480 g/mol. The lowest BCUT2D eigenvalue weighted by atomic mass is 9.84. The smallest absolute Gasteiger partial charge is 0.254 e. The number of carbonyl (C=O) groups excluding carboxylic acids is 3. The molecule has 18 heterocycles. The van der Waals surface area contributed by atoms with Crippen molar-refractivity contribution in [2.24, 2.45) is 31.8 Å². The Labute approximate surface area is 636 Å². The summed E-state index contributed by atoms with van der Waals surface area (Å²) >= 11 is 0. The van der Waals surface area contributed by atoms with Gasteiger partial charge in [0.1, 0.15) is 34.4 Å². The van der Waals surface area contributed by atoms with Crippen LogP contribution in [-0.2, 0) is 33.7 Å². The number of hydrogen-bond donors (Lipinski definition) is 9. The minimum atomic E-state index is -0.698. The third-order valence-electron chi connectivity index (χ3n) is 22.6. The molecule has 6 aliphatic heterocycles. The van der Waals surface area contributed by atoms with Gasteiger partial charge in [0.25, 0.3) is 17.7 Å². The van der Waals surface area contributed by atoms with Crippen molar-refractivity contribution in [1.29, 1.82) is 0 Å².